The Bertz CT molecular complexity index is 1000. The number of nitrogens with one attached hydrogen (secondary N) is 1. The van der Waals surface area contributed by atoms with Gasteiger partial charge >= 0.3 is 6.03 Å². The first-order chi connectivity index (χ1) is 16.5. The van der Waals surface area contributed by atoms with E-state index in [1.165, 1.54) is 0 Å². The van der Waals surface area contributed by atoms with Crippen molar-refractivity contribution in [2.24, 2.45) is 0 Å². The molecule has 8 nitrogen and oxygen atoms in total. The first kappa shape index (κ1) is 23.8. The summed E-state index contributed by atoms with van der Waals surface area (Å²) in [6.07, 6.45) is 1.80. The number of hydrogen-bond donors (Lipinski definition) is 1. The molecule has 2 fully saturated rings. The maximum absolute atomic E-state index is 13.5. The van der Waals surface area contributed by atoms with Gasteiger partial charge in [-0.15, -0.1) is 0 Å². The number of likely N-dealkylation sites (N-methyl/N-ethyl adjacent to an activating group) is 1. The van der Waals surface area contributed by atoms with Crippen molar-refractivity contribution in [1.29, 1.82) is 0 Å². The van der Waals surface area contributed by atoms with Crippen molar-refractivity contribution in [3.8, 4) is 0 Å². The van der Waals surface area contributed by atoms with E-state index in [1.54, 1.807) is 26.9 Å². The van der Waals surface area contributed by atoms with E-state index in [2.05, 4.69) is 12.2 Å². The Morgan fingerprint density at radius 3 is 2.29 bits per heavy atom. The van der Waals surface area contributed by atoms with E-state index in [0.717, 1.165) is 24.0 Å². The molecule has 0 bridgehead atoms. The fourth-order valence-corrected chi connectivity index (χ4v) is 4.78. The molecule has 0 aromatic heterocycles. The summed E-state index contributed by atoms with van der Waals surface area (Å²) in [5.41, 5.74) is 2.02. The van der Waals surface area contributed by atoms with E-state index in [1.807, 2.05) is 60.7 Å². The predicted molar refractivity (Wildman–Crippen MR) is 129 cm³/mol. The van der Waals surface area contributed by atoms with Crippen molar-refractivity contribution in [2.45, 2.75) is 51.5 Å². The average Bonchev–Trinajstić information content (AvgIpc) is 2.84. The highest BCUT2D eigenvalue weighted by molar-refractivity contribution is 5.91. The Labute approximate surface area is 201 Å². The summed E-state index contributed by atoms with van der Waals surface area (Å²) in [5.74, 6) is -0.162. The molecule has 34 heavy (non-hydrogen) atoms. The molecule has 1 unspecified atom stereocenters. The molecule has 2 aromatic carbocycles. The highest BCUT2D eigenvalue weighted by atomic mass is 16.2. The van der Waals surface area contributed by atoms with E-state index < -0.39 is 12.2 Å². The lowest BCUT2D eigenvalue weighted by molar-refractivity contribution is -0.188. The molecule has 2 aromatic rings. The van der Waals surface area contributed by atoms with E-state index in [-0.39, 0.29) is 30.9 Å². The van der Waals surface area contributed by atoms with Gasteiger partial charge in [-0.3, -0.25) is 9.59 Å². The van der Waals surface area contributed by atoms with Gasteiger partial charge in [0.25, 0.3) is 0 Å². The maximum atomic E-state index is 13.5. The molecule has 0 spiro atoms. The summed E-state index contributed by atoms with van der Waals surface area (Å²) >= 11 is 0. The molecule has 2 heterocycles. The number of piperazine rings is 1. The Hall–Kier alpha value is -3.39. The maximum Gasteiger partial charge on any atom is 0.334 e. The van der Waals surface area contributed by atoms with Crippen LogP contribution in [0.25, 0.3) is 0 Å². The van der Waals surface area contributed by atoms with Crippen molar-refractivity contribution < 1.29 is 14.4 Å². The van der Waals surface area contributed by atoms with Crippen molar-refractivity contribution in [2.75, 3.05) is 20.1 Å². The molecule has 2 aliphatic rings. The number of carbonyl (C=O) groups is 3. The minimum atomic E-state index is -0.562. The monoisotopic (exact) mass is 463 g/mol. The highest BCUT2D eigenvalue weighted by Gasteiger charge is 2.50. The number of carbonyl (C=O) groups excluding carboxylic acids is 3. The topological polar surface area (TPSA) is 76.2 Å². The van der Waals surface area contributed by atoms with Gasteiger partial charge in [0.2, 0.25) is 11.8 Å². The van der Waals surface area contributed by atoms with Gasteiger partial charge < -0.3 is 15.1 Å². The number of nitrogens with zero attached hydrogens (tertiary/aromatic N) is 4. The lowest BCUT2D eigenvalue weighted by Crippen LogP contribution is -2.75. The summed E-state index contributed by atoms with van der Waals surface area (Å²) in [6, 6.07) is 18.7. The summed E-state index contributed by atoms with van der Waals surface area (Å²) in [4.78, 5) is 43.4. The molecule has 4 rings (SSSR count). The summed E-state index contributed by atoms with van der Waals surface area (Å²) < 4.78 is 0. The van der Waals surface area contributed by atoms with Gasteiger partial charge in [0.15, 0.2) is 0 Å². The van der Waals surface area contributed by atoms with Gasteiger partial charge in [-0.2, -0.15) is 0 Å². The molecule has 2 aliphatic heterocycles. The standard InChI is InChI=1S/C26H33N5O3/c1-3-4-15-22-25(33)29(17-21-13-9-6-10-14-21)18-23-30(22)24(32)19-28(2)31(23)26(34)27-16-20-11-7-5-8-12-20/h5-14,22-23H,3-4,15-19H2,1-2H3,(H,27,34)/t22-,23?/m0/s1. The Balaban J connectivity index is 1.59. The van der Waals surface area contributed by atoms with Crippen LogP contribution < -0.4 is 5.32 Å². The molecule has 2 atom stereocenters. The second kappa shape index (κ2) is 10.7. The van der Waals surface area contributed by atoms with Crippen LogP contribution in [0, 0.1) is 0 Å². The first-order valence-electron chi connectivity index (χ1n) is 12.0. The van der Waals surface area contributed by atoms with E-state index >= 15 is 0 Å². The second-order valence-electron chi connectivity index (χ2n) is 8.95. The molecule has 0 radical (unpaired) electrons. The van der Waals surface area contributed by atoms with Crippen LogP contribution in [0.4, 0.5) is 4.79 Å². The zero-order valence-corrected chi connectivity index (χ0v) is 19.9. The third kappa shape index (κ3) is 5.07. The van der Waals surface area contributed by atoms with Crippen LogP contribution in [0.3, 0.4) is 0 Å². The van der Waals surface area contributed by atoms with Crippen LogP contribution in [0.5, 0.6) is 0 Å². The van der Waals surface area contributed by atoms with Crippen molar-refractivity contribution in [3.05, 3.63) is 71.8 Å². The Morgan fingerprint density at radius 2 is 1.65 bits per heavy atom. The molecule has 1 N–H and O–H groups in total. The van der Waals surface area contributed by atoms with Crippen LogP contribution in [0.2, 0.25) is 0 Å². The van der Waals surface area contributed by atoms with E-state index in [4.69, 9.17) is 0 Å². The average molecular weight is 464 g/mol. The lowest BCUT2D eigenvalue weighted by Gasteiger charge is -2.54. The third-order valence-corrected chi connectivity index (χ3v) is 6.48. The molecular weight excluding hydrogens is 430 g/mol. The number of benzene rings is 2. The van der Waals surface area contributed by atoms with Gasteiger partial charge in [0.1, 0.15) is 12.2 Å². The summed E-state index contributed by atoms with van der Waals surface area (Å²) in [7, 11) is 1.75. The SMILES string of the molecule is CCCC[C@H]1C(=O)N(Cc2ccccc2)CC2N1C(=O)CN(C)N2C(=O)NCc1ccccc1. The van der Waals surface area contributed by atoms with E-state index in [9.17, 15) is 14.4 Å². The van der Waals surface area contributed by atoms with Crippen molar-refractivity contribution >= 4 is 17.8 Å². The summed E-state index contributed by atoms with van der Waals surface area (Å²) in [5, 5.41) is 6.25. The van der Waals surface area contributed by atoms with Gasteiger partial charge in [0, 0.05) is 20.1 Å². The van der Waals surface area contributed by atoms with Crippen LogP contribution in [0.15, 0.2) is 60.7 Å². The predicted octanol–water partition coefficient (Wildman–Crippen LogP) is 2.81. The van der Waals surface area contributed by atoms with E-state index in [0.29, 0.717) is 19.5 Å². The number of urea groups is 1. The van der Waals surface area contributed by atoms with Crippen molar-refractivity contribution in [3.63, 3.8) is 0 Å². The molecule has 4 amide bonds. The number of amides is 4. The van der Waals surface area contributed by atoms with Gasteiger partial charge in [-0.05, 0) is 17.5 Å². The lowest BCUT2D eigenvalue weighted by atomic mass is 10.0. The normalized spacial score (nSPS) is 20.9. The molecule has 8 heteroatoms. The quantitative estimate of drug-likeness (QED) is 0.685. The Morgan fingerprint density at radius 1 is 1.00 bits per heavy atom. The zero-order valence-electron chi connectivity index (χ0n) is 19.9. The molecule has 180 valence electrons. The number of rotatable bonds is 7. The molecule has 0 aliphatic carbocycles. The third-order valence-electron chi connectivity index (χ3n) is 6.48. The zero-order chi connectivity index (χ0) is 24.1. The second-order valence-corrected chi connectivity index (χ2v) is 8.95. The minimum Gasteiger partial charge on any atom is -0.333 e. The number of fused-ring (bicyclic) bond motifs is 1. The molecular formula is C26H33N5O3. The smallest absolute Gasteiger partial charge is 0.333 e. The number of hydrogen-bond acceptors (Lipinski definition) is 4. The Kier molecular flexibility index (Phi) is 7.47. The number of unbranched alkanes of at least 4 members (excludes halogenated alkanes) is 1. The highest BCUT2D eigenvalue weighted by Crippen LogP contribution is 2.29. The van der Waals surface area contributed by atoms with Gasteiger partial charge in [0.05, 0.1) is 13.1 Å². The fraction of sp³-hybridized carbons (Fsp3) is 0.423. The fourth-order valence-electron chi connectivity index (χ4n) is 4.78. The first-order valence-corrected chi connectivity index (χ1v) is 12.0. The van der Waals surface area contributed by atoms with Crippen molar-refractivity contribution in [1.82, 2.24) is 25.1 Å². The largest absolute Gasteiger partial charge is 0.334 e. The molecule has 2 saturated heterocycles. The molecule has 0 saturated carbocycles. The van der Waals surface area contributed by atoms with Gasteiger partial charge in [-0.1, -0.05) is 80.4 Å². The number of hydrazine groups is 1. The summed E-state index contributed by atoms with van der Waals surface area (Å²) in [6.45, 7) is 3.23. The van der Waals surface area contributed by atoms with Crippen LogP contribution in [-0.2, 0) is 22.7 Å². The van der Waals surface area contributed by atoms with Gasteiger partial charge in [-0.25, -0.2) is 14.8 Å². The minimum absolute atomic E-state index is 0.0453. The van der Waals surface area contributed by atoms with Crippen LogP contribution in [0.1, 0.15) is 37.3 Å². The van der Waals surface area contributed by atoms with Crippen LogP contribution in [-0.4, -0.2) is 70.0 Å². The van der Waals surface area contributed by atoms with Crippen LogP contribution >= 0.6 is 0 Å².